The first-order valence-corrected chi connectivity index (χ1v) is 11.9. The molecule has 0 aliphatic rings. The van der Waals surface area contributed by atoms with Crippen molar-refractivity contribution in [3.8, 4) is 5.75 Å². The van der Waals surface area contributed by atoms with Crippen LogP contribution in [0.25, 0.3) is 0 Å². The number of hydrogen-bond donors (Lipinski definition) is 0. The van der Waals surface area contributed by atoms with Crippen molar-refractivity contribution >= 4 is 23.7 Å². The molecule has 0 unspecified atom stereocenters. The Morgan fingerprint density at radius 1 is 0.968 bits per heavy atom. The Balaban J connectivity index is 2.49. The van der Waals surface area contributed by atoms with Gasteiger partial charge in [0, 0.05) is 0 Å². The molecule has 0 saturated carbocycles. The van der Waals surface area contributed by atoms with Crippen LogP contribution < -0.4 is 9.57 Å². The number of unbranched alkanes of at least 4 members (excludes halogenated alkanes) is 9. The molecule has 0 saturated heterocycles. The molecule has 0 fully saturated rings. The highest BCUT2D eigenvalue weighted by Gasteiger charge is 2.26. The van der Waals surface area contributed by atoms with Crippen LogP contribution in [-0.4, -0.2) is 36.2 Å². The smallest absolute Gasteiger partial charge is 0.490 e. The third kappa shape index (κ3) is 10.8. The molecular formula is C23H38ClNO6. The highest BCUT2D eigenvalue weighted by Crippen LogP contribution is 2.31. The zero-order chi connectivity index (χ0) is 23.1. The number of carbonyl (C=O) groups is 2. The molecule has 1 rings (SSSR count). The highest BCUT2D eigenvalue weighted by atomic mass is 35.5. The van der Waals surface area contributed by atoms with Gasteiger partial charge in [-0.05, 0) is 27.2 Å². The van der Waals surface area contributed by atoms with Gasteiger partial charge in [0.05, 0.1) is 25.5 Å². The van der Waals surface area contributed by atoms with Crippen LogP contribution in [0, 0.1) is 0 Å². The van der Waals surface area contributed by atoms with Crippen molar-refractivity contribution in [1.29, 1.82) is 0 Å². The lowest BCUT2D eigenvalue weighted by Gasteiger charge is -2.10. The maximum Gasteiger partial charge on any atom is 0.534 e. The van der Waals surface area contributed by atoms with E-state index in [2.05, 4.69) is 6.92 Å². The zero-order valence-corrected chi connectivity index (χ0v) is 20.2. The van der Waals surface area contributed by atoms with E-state index in [9.17, 15) is 9.59 Å². The predicted octanol–water partition coefficient (Wildman–Crippen LogP) is 6.59. The summed E-state index contributed by atoms with van der Waals surface area (Å²) < 4.78 is 16.6. The van der Waals surface area contributed by atoms with Gasteiger partial charge in [0.2, 0.25) is 0 Å². The van der Waals surface area contributed by atoms with Gasteiger partial charge in [-0.25, -0.2) is 9.59 Å². The van der Waals surface area contributed by atoms with Crippen molar-refractivity contribution in [2.45, 2.75) is 98.0 Å². The van der Waals surface area contributed by atoms with Crippen molar-refractivity contribution in [2.24, 2.45) is 0 Å². The van der Waals surface area contributed by atoms with Crippen LogP contribution in [0.1, 0.15) is 102 Å². The maximum absolute atomic E-state index is 12.2. The molecule has 0 amide bonds. The van der Waals surface area contributed by atoms with Crippen molar-refractivity contribution in [2.75, 3.05) is 13.2 Å². The van der Waals surface area contributed by atoms with Crippen molar-refractivity contribution in [3.05, 3.63) is 16.9 Å². The van der Waals surface area contributed by atoms with E-state index in [-0.39, 0.29) is 29.2 Å². The zero-order valence-electron chi connectivity index (χ0n) is 19.4. The fourth-order valence-electron chi connectivity index (χ4n) is 3.06. The lowest BCUT2D eigenvalue weighted by molar-refractivity contribution is 0.0227. The number of aromatic nitrogens is 1. The number of halogens is 1. The monoisotopic (exact) mass is 459 g/mol. The maximum atomic E-state index is 12.2. The first kappa shape index (κ1) is 27.1. The minimum atomic E-state index is -0.951. The number of nitrogens with zero attached hydrogens (tertiary/aromatic N) is 1. The summed E-state index contributed by atoms with van der Waals surface area (Å²) >= 11 is 6.30. The average molecular weight is 460 g/mol. The third-order valence-corrected chi connectivity index (χ3v) is 4.97. The SMILES string of the molecule is CCCCCCCCCCCCOc1cn(OC(=O)OC(C)C)c(C(=O)OCC)c1Cl. The predicted molar refractivity (Wildman–Crippen MR) is 121 cm³/mol. The van der Waals surface area contributed by atoms with E-state index < -0.39 is 12.1 Å². The van der Waals surface area contributed by atoms with E-state index in [1.54, 1.807) is 20.8 Å². The molecular weight excluding hydrogens is 422 g/mol. The molecule has 1 aromatic rings. The molecule has 1 aromatic heterocycles. The topological polar surface area (TPSA) is 76.0 Å². The molecule has 0 aliphatic heterocycles. The second-order valence-corrected chi connectivity index (χ2v) is 8.12. The van der Waals surface area contributed by atoms with Crippen LogP contribution in [0.4, 0.5) is 4.79 Å². The average Bonchev–Trinajstić information content (AvgIpc) is 3.00. The van der Waals surface area contributed by atoms with Gasteiger partial charge in [0.1, 0.15) is 5.02 Å². The van der Waals surface area contributed by atoms with Gasteiger partial charge < -0.3 is 19.0 Å². The normalized spacial score (nSPS) is 10.9. The highest BCUT2D eigenvalue weighted by molar-refractivity contribution is 6.34. The van der Waals surface area contributed by atoms with Crippen LogP contribution in [0.3, 0.4) is 0 Å². The van der Waals surface area contributed by atoms with Gasteiger partial charge in [-0.1, -0.05) is 76.3 Å². The summed E-state index contributed by atoms with van der Waals surface area (Å²) in [5, 5.41) is 0.0443. The minimum absolute atomic E-state index is 0.0443. The second-order valence-electron chi connectivity index (χ2n) is 7.74. The Labute approximate surface area is 191 Å². The van der Waals surface area contributed by atoms with Crippen LogP contribution in [0.15, 0.2) is 6.20 Å². The lowest BCUT2D eigenvalue weighted by Crippen LogP contribution is -2.26. The molecule has 0 atom stereocenters. The Hall–Kier alpha value is -1.89. The Morgan fingerprint density at radius 3 is 2.10 bits per heavy atom. The Morgan fingerprint density at radius 2 is 1.55 bits per heavy atom. The van der Waals surface area contributed by atoms with Crippen molar-refractivity contribution in [3.63, 3.8) is 0 Å². The standard InChI is InChI=1S/C23H38ClNO6/c1-5-7-8-9-10-11-12-13-14-15-16-29-19-17-25(31-23(27)30-18(3)4)21(20(19)24)22(26)28-6-2/h17-18H,5-16H2,1-4H3. The fraction of sp³-hybridized carbons (Fsp3) is 0.739. The van der Waals surface area contributed by atoms with Crippen molar-refractivity contribution in [1.82, 2.24) is 4.73 Å². The summed E-state index contributed by atoms with van der Waals surface area (Å²) in [7, 11) is 0. The van der Waals surface area contributed by atoms with E-state index in [4.69, 9.17) is 30.6 Å². The van der Waals surface area contributed by atoms with Gasteiger partial charge in [0.25, 0.3) is 0 Å². The quantitative estimate of drug-likeness (QED) is 0.205. The number of rotatable bonds is 16. The molecule has 0 N–H and O–H groups in total. The summed E-state index contributed by atoms with van der Waals surface area (Å²) in [6.07, 6.45) is 12.3. The molecule has 0 spiro atoms. The molecule has 0 bridgehead atoms. The molecule has 31 heavy (non-hydrogen) atoms. The fourth-order valence-corrected chi connectivity index (χ4v) is 3.32. The third-order valence-electron chi connectivity index (χ3n) is 4.61. The first-order valence-electron chi connectivity index (χ1n) is 11.5. The van der Waals surface area contributed by atoms with E-state index >= 15 is 0 Å². The minimum Gasteiger partial charge on any atom is -0.490 e. The van der Waals surface area contributed by atoms with Crippen LogP contribution >= 0.6 is 11.6 Å². The van der Waals surface area contributed by atoms with Crippen LogP contribution in [0.2, 0.25) is 5.02 Å². The molecule has 0 aromatic carbocycles. The number of hydrogen-bond acceptors (Lipinski definition) is 6. The summed E-state index contributed by atoms with van der Waals surface area (Å²) in [6, 6.07) is 0. The number of ether oxygens (including phenoxy) is 3. The summed E-state index contributed by atoms with van der Waals surface area (Å²) in [6.45, 7) is 7.91. The molecule has 7 nitrogen and oxygen atoms in total. The summed E-state index contributed by atoms with van der Waals surface area (Å²) in [5.41, 5.74) is -0.109. The molecule has 8 heteroatoms. The van der Waals surface area contributed by atoms with Gasteiger partial charge in [-0.2, -0.15) is 4.73 Å². The molecule has 1 heterocycles. The van der Waals surface area contributed by atoms with Gasteiger partial charge in [0.15, 0.2) is 11.4 Å². The molecule has 0 radical (unpaired) electrons. The first-order chi connectivity index (χ1) is 14.9. The summed E-state index contributed by atoms with van der Waals surface area (Å²) in [4.78, 5) is 29.2. The summed E-state index contributed by atoms with van der Waals surface area (Å²) in [5.74, 6) is -0.448. The van der Waals surface area contributed by atoms with E-state index in [0.29, 0.717) is 6.61 Å². The largest absolute Gasteiger partial charge is 0.534 e. The van der Waals surface area contributed by atoms with Crippen molar-refractivity contribution < 1.29 is 28.6 Å². The van der Waals surface area contributed by atoms with E-state index in [1.165, 1.54) is 57.6 Å². The lowest BCUT2D eigenvalue weighted by atomic mass is 10.1. The van der Waals surface area contributed by atoms with Gasteiger partial charge in [-0.3, -0.25) is 0 Å². The van der Waals surface area contributed by atoms with Gasteiger partial charge in [-0.15, -0.1) is 0 Å². The number of esters is 1. The number of carbonyl (C=O) groups excluding carboxylic acids is 2. The van der Waals surface area contributed by atoms with Gasteiger partial charge >= 0.3 is 12.1 Å². The Kier molecular flexibility index (Phi) is 13.9. The molecule has 178 valence electrons. The second kappa shape index (κ2) is 15.8. The van der Waals surface area contributed by atoms with Crippen LogP contribution in [-0.2, 0) is 9.47 Å². The molecule has 0 aliphatic carbocycles. The van der Waals surface area contributed by atoms with E-state index in [0.717, 1.165) is 17.6 Å². The van der Waals surface area contributed by atoms with Crippen LogP contribution in [0.5, 0.6) is 5.75 Å². The Bertz CT molecular complexity index is 659. The van der Waals surface area contributed by atoms with E-state index in [1.807, 2.05) is 0 Å².